The molecule has 2 nitrogen and oxygen atoms in total. The molecular weight excluding hydrogens is 460 g/mol. The molecule has 4 rings (SSSR count). The maximum atomic E-state index is 4.92. The van der Waals surface area contributed by atoms with Gasteiger partial charge in [0.25, 0.3) is 0 Å². The standard InChI is InChI=1S/C36H62N2/c1-3-5-7-8-9-10-11-12-14-30-15-19-31(20-16-30)32-23-25-33(26-24-32)35-27-37-36(38-28-35)34-21-17-29(18-22-34)13-6-4-2/h27-34H,3-26H2,1-2H3/t29-,30-,31-,32-,33-,34-. The summed E-state index contributed by atoms with van der Waals surface area (Å²) >= 11 is 0. The van der Waals surface area contributed by atoms with Crippen LogP contribution in [0.1, 0.15) is 191 Å². The predicted octanol–water partition coefficient (Wildman–Crippen LogP) is 11.6. The van der Waals surface area contributed by atoms with E-state index in [0.717, 1.165) is 29.5 Å². The number of unbranched alkanes of at least 4 members (excludes halogenated alkanes) is 8. The Morgan fingerprint density at radius 2 is 0.947 bits per heavy atom. The van der Waals surface area contributed by atoms with E-state index in [4.69, 9.17) is 9.97 Å². The minimum Gasteiger partial charge on any atom is -0.241 e. The van der Waals surface area contributed by atoms with Gasteiger partial charge in [0, 0.05) is 18.3 Å². The molecule has 0 atom stereocenters. The summed E-state index contributed by atoms with van der Waals surface area (Å²) in [5.41, 5.74) is 1.43. The molecule has 1 aromatic heterocycles. The molecular formula is C36H62N2. The highest BCUT2D eigenvalue weighted by Crippen LogP contribution is 2.44. The molecule has 0 unspecified atom stereocenters. The van der Waals surface area contributed by atoms with Crippen molar-refractivity contribution in [2.24, 2.45) is 23.7 Å². The van der Waals surface area contributed by atoms with Gasteiger partial charge in [0.2, 0.25) is 0 Å². The van der Waals surface area contributed by atoms with Crippen LogP contribution in [-0.4, -0.2) is 9.97 Å². The summed E-state index contributed by atoms with van der Waals surface area (Å²) < 4.78 is 0. The fraction of sp³-hybridized carbons (Fsp3) is 0.889. The molecule has 38 heavy (non-hydrogen) atoms. The third-order valence-electron chi connectivity index (χ3n) is 11.1. The van der Waals surface area contributed by atoms with Crippen LogP contribution in [0.5, 0.6) is 0 Å². The van der Waals surface area contributed by atoms with E-state index >= 15 is 0 Å². The maximum absolute atomic E-state index is 4.92. The second kappa shape index (κ2) is 17.0. The lowest BCUT2D eigenvalue weighted by Gasteiger charge is -2.38. The summed E-state index contributed by atoms with van der Waals surface area (Å²) in [5.74, 6) is 6.50. The fourth-order valence-corrected chi connectivity index (χ4v) is 8.41. The van der Waals surface area contributed by atoms with Crippen molar-refractivity contribution in [1.29, 1.82) is 0 Å². The van der Waals surface area contributed by atoms with E-state index in [9.17, 15) is 0 Å². The minimum atomic E-state index is 0.614. The van der Waals surface area contributed by atoms with Crippen molar-refractivity contribution in [2.75, 3.05) is 0 Å². The summed E-state index contributed by atoms with van der Waals surface area (Å²) in [4.78, 5) is 9.85. The van der Waals surface area contributed by atoms with Crippen molar-refractivity contribution in [1.82, 2.24) is 9.97 Å². The van der Waals surface area contributed by atoms with E-state index in [2.05, 4.69) is 26.2 Å². The molecule has 3 fully saturated rings. The van der Waals surface area contributed by atoms with Crippen molar-refractivity contribution in [3.05, 3.63) is 23.8 Å². The number of hydrogen-bond acceptors (Lipinski definition) is 2. The van der Waals surface area contributed by atoms with Gasteiger partial charge in [-0.15, -0.1) is 0 Å². The Balaban J connectivity index is 1.08. The van der Waals surface area contributed by atoms with Crippen molar-refractivity contribution < 1.29 is 0 Å². The van der Waals surface area contributed by atoms with Crippen LogP contribution >= 0.6 is 0 Å². The molecule has 0 radical (unpaired) electrons. The first-order valence-electron chi connectivity index (χ1n) is 17.6. The monoisotopic (exact) mass is 522 g/mol. The Morgan fingerprint density at radius 1 is 0.500 bits per heavy atom. The molecule has 0 bridgehead atoms. The lowest BCUT2D eigenvalue weighted by Crippen LogP contribution is -2.25. The summed E-state index contributed by atoms with van der Waals surface area (Å²) in [6, 6.07) is 0. The normalized spacial score (nSPS) is 30.4. The number of nitrogens with zero attached hydrogens (tertiary/aromatic N) is 2. The van der Waals surface area contributed by atoms with Gasteiger partial charge >= 0.3 is 0 Å². The van der Waals surface area contributed by atoms with Gasteiger partial charge in [-0.1, -0.05) is 104 Å². The van der Waals surface area contributed by atoms with E-state index in [0.29, 0.717) is 11.8 Å². The van der Waals surface area contributed by atoms with Crippen LogP contribution in [0.15, 0.2) is 12.4 Å². The van der Waals surface area contributed by atoms with E-state index < -0.39 is 0 Å². The first kappa shape index (κ1) is 30.0. The van der Waals surface area contributed by atoms with Crippen molar-refractivity contribution in [2.45, 2.75) is 180 Å². The topological polar surface area (TPSA) is 25.8 Å². The highest BCUT2D eigenvalue weighted by atomic mass is 14.9. The summed E-state index contributed by atoms with van der Waals surface area (Å²) in [6.07, 6.45) is 38.9. The van der Waals surface area contributed by atoms with E-state index in [-0.39, 0.29) is 0 Å². The minimum absolute atomic E-state index is 0.614. The van der Waals surface area contributed by atoms with Crippen molar-refractivity contribution in [3.63, 3.8) is 0 Å². The molecule has 0 amide bonds. The highest BCUT2D eigenvalue weighted by Gasteiger charge is 2.31. The molecule has 0 spiro atoms. The van der Waals surface area contributed by atoms with Crippen LogP contribution in [0.3, 0.4) is 0 Å². The lowest BCUT2D eigenvalue weighted by molar-refractivity contribution is 0.155. The van der Waals surface area contributed by atoms with Gasteiger partial charge in [-0.3, -0.25) is 0 Å². The van der Waals surface area contributed by atoms with Gasteiger partial charge in [0.05, 0.1) is 0 Å². The van der Waals surface area contributed by atoms with Crippen LogP contribution in [0.4, 0.5) is 0 Å². The fourth-order valence-electron chi connectivity index (χ4n) is 8.41. The number of hydrogen-bond donors (Lipinski definition) is 0. The average Bonchev–Trinajstić information content (AvgIpc) is 2.98. The lowest BCUT2D eigenvalue weighted by atomic mass is 9.68. The van der Waals surface area contributed by atoms with Crippen LogP contribution in [0.2, 0.25) is 0 Å². The van der Waals surface area contributed by atoms with Gasteiger partial charge < -0.3 is 0 Å². The SMILES string of the molecule is CCCCCCCCCC[C@H]1CC[C@H]([C@H]2CC[C@H](c3cnc([C@H]4CC[C@H](CCCC)CC4)nc3)CC2)CC1. The molecule has 216 valence electrons. The molecule has 0 N–H and O–H groups in total. The zero-order valence-corrected chi connectivity index (χ0v) is 25.5. The molecule has 0 aliphatic heterocycles. The molecule has 3 saturated carbocycles. The Hall–Kier alpha value is -0.920. The quantitative estimate of drug-likeness (QED) is 0.214. The molecule has 3 aliphatic carbocycles. The van der Waals surface area contributed by atoms with E-state index in [1.54, 1.807) is 0 Å². The van der Waals surface area contributed by atoms with E-state index in [1.807, 2.05) is 0 Å². The largest absolute Gasteiger partial charge is 0.241 e. The Morgan fingerprint density at radius 3 is 1.53 bits per heavy atom. The van der Waals surface area contributed by atoms with Crippen molar-refractivity contribution in [3.8, 4) is 0 Å². The molecule has 2 heteroatoms. The zero-order chi connectivity index (χ0) is 26.4. The number of rotatable bonds is 15. The first-order valence-corrected chi connectivity index (χ1v) is 17.6. The molecule has 1 heterocycles. The summed E-state index contributed by atoms with van der Waals surface area (Å²) in [7, 11) is 0. The van der Waals surface area contributed by atoms with Crippen LogP contribution < -0.4 is 0 Å². The van der Waals surface area contributed by atoms with Crippen molar-refractivity contribution >= 4 is 0 Å². The Labute approximate surface area is 237 Å². The van der Waals surface area contributed by atoms with Crippen LogP contribution in [-0.2, 0) is 0 Å². The molecule has 0 saturated heterocycles. The third kappa shape index (κ3) is 9.62. The Bertz CT molecular complexity index is 718. The summed E-state index contributed by atoms with van der Waals surface area (Å²) in [6.45, 7) is 4.63. The Kier molecular flexibility index (Phi) is 13.5. The predicted molar refractivity (Wildman–Crippen MR) is 164 cm³/mol. The first-order chi connectivity index (χ1) is 18.8. The van der Waals surface area contributed by atoms with Gasteiger partial charge in [0.15, 0.2) is 0 Å². The third-order valence-corrected chi connectivity index (χ3v) is 11.1. The highest BCUT2D eigenvalue weighted by molar-refractivity contribution is 5.14. The molecule has 3 aliphatic rings. The van der Waals surface area contributed by atoms with Crippen LogP contribution in [0, 0.1) is 23.7 Å². The van der Waals surface area contributed by atoms with Gasteiger partial charge in [-0.25, -0.2) is 9.97 Å². The van der Waals surface area contributed by atoms with Gasteiger partial charge in [0.1, 0.15) is 5.82 Å². The van der Waals surface area contributed by atoms with Crippen LogP contribution in [0.25, 0.3) is 0 Å². The molecule has 0 aromatic carbocycles. The maximum Gasteiger partial charge on any atom is 0.131 e. The van der Waals surface area contributed by atoms with Gasteiger partial charge in [-0.05, 0) is 99.4 Å². The zero-order valence-electron chi connectivity index (χ0n) is 25.5. The van der Waals surface area contributed by atoms with Gasteiger partial charge in [-0.2, -0.15) is 0 Å². The smallest absolute Gasteiger partial charge is 0.131 e. The van der Waals surface area contributed by atoms with E-state index in [1.165, 1.54) is 160 Å². The number of aromatic nitrogens is 2. The second-order valence-corrected chi connectivity index (χ2v) is 13.9. The molecule has 1 aromatic rings. The summed E-state index contributed by atoms with van der Waals surface area (Å²) in [5, 5.41) is 0. The average molecular weight is 523 g/mol. The second-order valence-electron chi connectivity index (χ2n) is 13.9.